The van der Waals surface area contributed by atoms with E-state index in [1.54, 1.807) is 12.3 Å². The van der Waals surface area contributed by atoms with Gasteiger partial charge in [0.1, 0.15) is 11.6 Å². The number of guanidine groups is 1. The Labute approximate surface area is 196 Å². The molecule has 9 heteroatoms. The van der Waals surface area contributed by atoms with Crippen LogP contribution in [0, 0.1) is 5.41 Å². The van der Waals surface area contributed by atoms with Crippen LogP contribution < -0.4 is 21.9 Å². The van der Waals surface area contributed by atoms with Gasteiger partial charge in [0.2, 0.25) is 0 Å². The first-order valence-corrected chi connectivity index (χ1v) is 10.8. The van der Waals surface area contributed by atoms with Crippen molar-refractivity contribution in [2.24, 2.45) is 5.73 Å². The first kappa shape index (κ1) is 24.2. The number of hydrogen-bond acceptors (Lipinski definition) is 4. The van der Waals surface area contributed by atoms with E-state index in [9.17, 15) is 19.5 Å². The maximum atomic E-state index is 13.0. The Balaban J connectivity index is 1.73. The van der Waals surface area contributed by atoms with Crippen molar-refractivity contribution in [3.05, 3.63) is 94.4 Å². The molecule has 34 heavy (non-hydrogen) atoms. The van der Waals surface area contributed by atoms with Crippen molar-refractivity contribution in [2.75, 3.05) is 6.54 Å². The van der Waals surface area contributed by atoms with Gasteiger partial charge in [-0.1, -0.05) is 48.5 Å². The van der Waals surface area contributed by atoms with Gasteiger partial charge in [-0.25, -0.2) is 4.79 Å². The standard InChI is InChI=1S/C25H27N5O4/c26-25(27)28-13-5-12-21(24(33)34)29-22(31)20-11-6-14-30(23(20)32)16-17-7-4-10-19(15-17)18-8-2-1-3-9-18/h1-4,6-11,14-15,21H,5,12-13,16H2,(H,29,31)(H,33,34)(H4,26,27,28)/t21-/m0/s1. The Morgan fingerprint density at radius 2 is 1.76 bits per heavy atom. The molecule has 1 heterocycles. The summed E-state index contributed by atoms with van der Waals surface area (Å²) in [5, 5.41) is 21.5. The normalized spacial score (nSPS) is 11.4. The van der Waals surface area contributed by atoms with E-state index in [1.165, 1.54) is 10.6 Å². The van der Waals surface area contributed by atoms with Gasteiger partial charge in [-0.15, -0.1) is 0 Å². The van der Waals surface area contributed by atoms with Gasteiger partial charge in [0, 0.05) is 12.7 Å². The number of hydrogen-bond donors (Lipinski definition) is 5. The molecule has 6 N–H and O–H groups in total. The maximum absolute atomic E-state index is 13.0. The number of nitrogens with one attached hydrogen (secondary N) is 3. The first-order chi connectivity index (χ1) is 16.3. The molecule has 3 rings (SSSR count). The fourth-order valence-corrected chi connectivity index (χ4v) is 3.53. The van der Waals surface area contributed by atoms with E-state index in [-0.39, 0.29) is 24.5 Å². The van der Waals surface area contributed by atoms with Crippen molar-refractivity contribution in [3.63, 3.8) is 0 Å². The number of aromatic nitrogens is 1. The maximum Gasteiger partial charge on any atom is 0.326 e. The fourth-order valence-electron chi connectivity index (χ4n) is 3.53. The summed E-state index contributed by atoms with van der Waals surface area (Å²) in [4.78, 5) is 37.2. The summed E-state index contributed by atoms with van der Waals surface area (Å²) in [6.45, 7) is 0.564. The lowest BCUT2D eigenvalue weighted by molar-refractivity contribution is -0.139. The first-order valence-electron chi connectivity index (χ1n) is 10.8. The van der Waals surface area contributed by atoms with Gasteiger partial charge in [0.15, 0.2) is 5.96 Å². The highest BCUT2D eigenvalue weighted by molar-refractivity contribution is 5.96. The van der Waals surface area contributed by atoms with Crippen LogP contribution in [0.3, 0.4) is 0 Å². The largest absolute Gasteiger partial charge is 0.480 e. The molecule has 1 aromatic heterocycles. The number of benzene rings is 2. The van der Waals surface area contributed by atoms with Crippen molar-refractivity contribution in [1.82, 2.24) is 15.2 Å². The van der Waals surface area contributed by atoms with Crippen molar-refractivity contribution >= 4 is 17.8 Å². The molecule has 3 aromatic rings. The van der Waals surface area contributed by atoms with E-state index in [0.717, 1.165) is 16.7 Å². The van der Waals surface area contributed by atoms with E-state index < -0.39 is 23.5 Å². The van der Waals surface area contributed by atoms with E-state index in [4.69, 9.17) is 11.1 Å². The van der Waals surface area contributed by atoms with Gasteiger partial charge in [0.25, 0.3) is 11.5 Å². The monoisotopic (exact) mass is 461 g/mol. The quantitative estimate of drug-likeness (QED) is 0.177. The van der Waals surface area contributed by atoms with E-state index in [1.807, 2.05) is 54.6 Å². The number of rotatable bonds is 10. The van der Waals surface area contributed by atoms with Crippen LogP contribution in [0.5, 0.6) is 0 Å². The fraction of sp³-hybridized carbons (Fsp3) is 0.200. The average Bonchev–Trinajstić information content (AvgIpc) is 2.82. The molecule has 1 amide bonds. The minimum Gasteiger partial charge on any atom is -0.480 e. The summed E-state index contributed by atoms with van der Waals surface area (Å²) in [6.07, 6.45) is 2.08. The number of aliphatic carboxylic acids is 1. The molecule has 9 nitrogen and oxygen atoms in total. The number of carbonyl (C=O) groups is 2. The Morgan fingerprint density at radius 1 is 1.03 bits per heavy atom. The molecular formula is C25H27N5O4. The van der Waals surface area contributed by atoms with Gasteiger partial charge in [0.05, 0.1) is 6.54 Å². The van der Waals surface area contributed by atoms with Crippen molar-refractivity contribution in [1.29, 1.82) is 5.41 Å². The van der Waals surface area contributed by atoms with Gasteiger partial charge in [-0.3, -0.25) is 15.0 Å². The number of carboxylic acids is 1. The van der Waals surface area contributed by atoms with E-state index in [0.29, 0.717) is 13.0 Å². The van der Waals surface area contributed by atoms with Gasteiger partial charge < -0.3 is 26.0 Å². The lowest BCUT2D eigenvalue weighted by Gasteiger charge is -2.15. The highest BCUT2D eigenvalue weighted by atomic mass is 16.4. The molecule has 0 saturated heterocycles. The van der Waals surface area contributed by atoms with Crippen LogP contribution >= 0.6 is 0 Å². The molecule has 0 aliphatic heterocycles. The van der Waals surface area contributed by atoms with Crippen LogP contribution in [0.1, 0.15) is 28.8 Å². The molecule has 176 valence electrons. The van der Waals surface area contributed by atoms with E-state index >= 15 is 0 Å². The highest BCUT2D eigenvalue weighted by Crippen LogP contribution is 2.20. The lowest BCUT2D eigenvalue weighted by atomic mass is 10.0. The Morgan fingerprint density at radius 3 is 2.47 bits per heavy atom. The molecule has 1 atom stereocenters. The predicted octanol–water partition coefficient (Wildman–Crippen LogP) is 2.01. The van der Waals surface area contributed by atoms with Gasteiger partial charge in [-0.2, -0.15) is 0 Å². The number of carboxylic acid groups (broad SMARTS) is 1. The zero-order valence-electron chi connectivity index (χ0n) is 18.5. The number of amides is 1. The Bertz CT molecular complexity index is 1220. The summed E-state index contributed by atoms with van der Waals surface area (Å²) in [5.41, 5.74) is 7.53. The highest BCUT2D eigenvalue weighted by Gasteiger charge is 2.22. The van der Waals surface area contributed by atoms with Crippen LogP contribution in [-0.2, 0) is 11.3 Å². The number of carbonyl (C=O) groups excluding carboxylic acids is 1. The van der Waals surface area contributed by atoms with Crippen LogP contribution in [0.25, 0.3) is 11.1 Å². The SMILES string of the molecule is N=C(N)NCCC[C@H](NC(=O)c1cccn(Cc2cccc(-c3ccccc3)c2)c1=O)C(=O)O. The Hall–Kier alpha value is -4.40. The number of nitrogens with zero attached hydrogens (tertiary/aromatic N) is 1. The molecule has 0 saturated carbocycles. The van der Waals surface area contributed by atoms with Crippen LogP contribution in [-0.4, -0.2) is 40.1 Å². The second-order valence-electron chi connectivity index (χ2n) is 7.77. The second kappa shape index (κ2) is 11.5. The van der Waals surface area contributed by atoms with Crippen LogP contribution in [0.15, 0.2) is 77.7 Å². The third-order valence-corrected chi connectivity index (χ3v) is 5.24. The molecule has 0 spiro atoms. The summed E-state index contributed by atoms with van der Waals surface area (Å²) in [7, 11) is 0. The number of pyridine rings is 1. The lowest BCUT2D eigenvalue weighted by Crippen LogP contribution is -2.43. The molecular weight excluding hydrogens is 434 g/mol. The minimum absolute atomic E-state index is 0.120. The minimum atomic E-state index is -1.20. The summed E-state index contributed by atoms with van der Waals surface area (Å²) in [5.74, 6) is -2.16. The van der Waals surface area contributed by atoms with Crippen molar-refractivity contribution < 1.29 is 14.7 Å². The molecule has 0 unspecified atom stereocenters. The zero-order valence-corrected chi connectivity index (χ0v) is 18.5. The summed E-state index contributed by atoms with van der Waals surface area (Å²) < 4.78 is 1.42. The number of nitrogens with two attached hydrogens (primary N) is 1. The van der Waals surface area contributed by atoms with Gasteiger partial charge >= 0.3 is 5.97 Å². The molecule has 0 radical (unpaired) electrons. The molecule has 0 fully saturated rings. The predicted molar refractivity (Wildman–Crippen MR) is 130 cm³/mol. The summed E-state index contributed by atoms with van der Waals surface area (Å²) in [6, 6.07) is 19.5. The summed E-state index contributed by atoms with van der Waals surface area (Å²) >= 11 is 0. The third-order valence-electron chi connectivity index (χ3n) is 5.24. The molecule has 0 aliphatic carbocycles. The van der Waals surface area contributed by atoms with Crippen LogP contribution in [0.4, 0.5) is 0 Å². The molecule has 2 aromatic carbocycles. The van der Waals surface area contributed by atoms with Gasteiger partial charge in [-0.05, 0) is 47.7 Å². The third kappa shape index (κ3) is 6.55. The molecule has 0 bridgehead atoms. The van der Waals surface area contributed by atoms with Crippen molar-refractivity contribution in [3.8, 4) is 11.1 Å². The topological polar surface area (TPSA) is 150 Å². The van der Waals surface area contributed by atoms with Crippen LogP contribution in [0.2, 0.25) is 0 Å². The molecule has 0 aliphatic rings. The second-order valence-corrected chi connectivity index (χ2v) is 7.77. The van der Waals surface area contributed by atoms with E-state index in [2.05, 4.69) is 10.6 Å². The zero-order chi connectivity index (χ0) is 24.5. The van der Waals surface area contributed by atoms with Crippen molar-refractivity contribution in [2.45, 2.75) is 25.4 Å². The smallest absolute Gasteiger partial charge is 0.326 e. The Kier molecular flexibility index (Phi) is 8.17. The average molecular weight is 462 g/mol.